The number of nitrogens with one attached hydrogen (secondary N) is 1. The summed E-state index contributed by atoms with van der Waals surface area (Å²) in [6.07, 6.45) is 2.99. The number of nitrogens with zero attached hydrogens (tertiary/aromatic N) is 1. The Bertz CT molecular complexity index is 346. The molecule has 1 aliphatic heterocycles. The van der Waals surface area contributed by atoms with Gasteiger partial charge in [0.05, 0.1) is 5.92 Å². The summed E-state index contributed by atoms with van der Waals surface area (Å²) >= 11 is 0. The predicted octanol–water partition coefficient (Wildman–Crippen LogP) is 0.148. The molecular weight excluding hydrogens is 250 g/mol. The van der Waals surface area contributed by atoms with E-state index in [0.717, 1.165) is 0 Å². The zero-order valence-electron chi connectivity index (χ0n) is 10.9. The first-order valence-electron chi connectivity index (χ1n) is 6.54. The number of carboxylic acids is 1. The number of aliphatic carboxylic acids is 1. The average molecular weight is 271 g/mol. The zero-order chi connectivity index (χ0) is 14.3. The first kappa shape index (κ1) is 15.3. The van der Waals surface area contributed by atoms with Crippen molar-refractivity contribution in [2.75, 3.05) is 19.6 Å². The van der Waals surface area contributed by atoms with Crippen LogP contribution in [0.4, 0.5) is 4.79 Å². The Labute approximate surface area is 112 Å². The molecule has 1 atom stereocenters. The number of primary amides is 1. The van der Waals surface area contributed by atoms with E-state index in [1.54, 1.807) is 0 Å². The van der Waals surface area contributed by atoms with Crippen molar-refractivity contribution >= 4 is 17.9 Å². The fourth-order valence-corrected chi connectivity index (χ4v) is 2.09. The number of piperidine rings is 1. The predicted molar refractivity (Wildman–Crippen MR) is 68.4 cm³/mol. The monoisotopic (exact) mass is 271 g/mol. The molecule has 19 heavy (non-hydrogen) atoms. The van der Waals surface area contributed by atoms with E-state index in [1.807, 2.05) is 0 Å². The van der Waals surface area contributed by atoms with Crippen molar-refractivity contribution in [1.82, 2.24) is 10.2 Å². The molecule has 0 aromatic carbocycles. The minimum Gasteiger partial charge on any atom is -0.481 e. The van der Waals surface area contributed by atoms with Crippen LogP contribution in [0.5, 0.6) is 0 Å². The number of carboxylic acid groups (broad SMARTS) is 1. The molecule has 0 aromatic heterocycles. The standard InChI is InChI=1S/C12H21N3O4/c13-10(16)5-1-2-6-14-12(19)15-7-3-4-9(8-15)11(17)18/h9H,1-8H2,(H2,13,16)(H,14,19)(H,17,18)/t9-/m0/s1. The molecule has 0 aromatic rings. The van der Waals surface area contributed by atoms with Crippen LogP contribution in [0.3, 0.4) is 0 Å². The van der Waals surface area contributed by atoms with E-state index in [9.17, 15) is 14.4 Å². The number of carbonyl (C=O) groups excluding carboxylic acids is 2. The minimum atomic E-state index is -0.848. The van der Waals surface area contributed by atoms with E-state index in [1.165, 1.54) is 4.90 Å². The van der Waals surface area contributed by atoms with Crippen LogP contribution in [0.15, 0.2) is 0 Å². The maximum absolute atomic E-state index is 11.8. The van der Waals surface area contributed by atoms with Gasteiger partial charge >= 0.3 is 12.0 Å². The molecule has 1 fully saturated rings. The lowest BCUT2D eigenvalue weighted by molar-refractivity contribution is -0.143. The first-order chi connectivity index (χ1) is 9.00. The Kier molecular flexibility index (Phi) is 6.11. The number of unbranched alkanes of at least 4 members (excludes halogenated alkanes) is 1. The van der Waals surface area contributed by atoms with Crippen LogP contribution in [0, 0.1) is 5.92 Å². The lowest BCUT2D eigenvalue weighted by Gasteiger charge is -2.30. The number of urea groups is 1. The van der Waals surface area contributed by atoms with Gasteiger partial charge in [-0.2, -0.15) is 0 Å². The number of rotatable bonds is 6. The quantitative estimate of drug-likeness (QED) is 0.597. The Balaban J connectivity index is 2.21. The molecule has 0 bridgehead atoms. The minimum absolute atomic E-state index is 0.231. The third-order valence-electron chi connectivity index (χ3n) is 3.18. The molecule has 1 rings (SSSR count). The molecule has 4 N–H and O–H groups in total. The summed E-state index contributed by atoms with van der Waals surface area (Å²) in [4.78, 5) is 34.7. The summed E-state index contributed by atoms with van der Waals surface area (Å²) in [5.74, 6) is -1.65. The summed E-state index contributed by atoms with van der Waals surface area (Å²) in [7, 11) is 0. The van der Waals surface area contributed by atoms with Crippen LogP contribution in [0.2, 0.25) is 0 Å². The first-order valence-corrected chi connectivity index (χ1v) is 6.54. The van der Waals surface area contributed by atoms with Gasteiger partial charge in [0.25, 0.3) is 0 Å². The summed E-state index contributed by atoms with van der Waals surface area (Å²) in [5, 5.41) is 11.7. The highest BCUT2D eigenvalue weighted by molar-refractivity contribution is 5.76. The summed E-state index contributed by atoms with van der Waals surface area (Å²) in [6.45, 7) is 1.33. The Hall–Kier alpha value is -1.79. The second-order valence-electron chi connectivity index (χ2n) is 4.78. The van der Waals surface area contributed by atoms with Gasteiger partial charge in [0, 0.05) is 26.1 Å². The maximum atomic E-state index is 11.8. The molecule has 7 nitrogen and oxygen atoms in total. The van der Waals surface area contributed by atoms with E-state index in [4.69, 9.17) is 10.8 Å². The number of hydrogen-bond acceptors (Lipinski definition) is 3. The molecular formula is C12H21N3O4. The SMILES string of the molecule is NC(=O)CCCCNC(=O)N1CCC[C@H](C(=O)O)C1. The fourth-order valence-electron chi connectivity index (χ4n) is 2.09. The largest absolute Gasteiger partial charge is 0.481 e. The van der Waals surface area contributed by atoms with Crippen molar-refractivity contribution in [2.24, 2.45) is 11.7 Å². The van der Waals surface area contributed by atoms with Crippen molar-refractivity contribution < 1.29 is 19.5 Å². The third kappa shape index (κ3) is 5.58. The summed E-state index contributed by atoms with van der Waals surface area (Å²) in [6, 6.07) is -0.231. The van der Waals surface area contributed by atoms with E-state index in [0.29, 0.717) is 45.2 Å². The Morgan fingerprint density at radius 3 is 2.68 bits per heavy atom. The molecule has 0 radical (unpaired) electrons. The summed E-state index contributed by atoms with van der Waals surface area (Å²) in [5.41, 5.74) is 5.00. The van der Waals surface area contributed by atoms with E-state index in [-0.39, 0.29) is 18.5 Å². The topological polar surface area (TPSA) is 113 Å². The fraction of sp³-hybridized carbons (Fsp3) is 0.750. The van der Waals surface area contributed by atoms with Gasteiger partial charge < -0.3 is 21.1 Å². The number of likely N-dealkylation sites (tertiary alicyclic amines) is 1. The second-order valence-corrected chi connectivity index (χ2v) is 4.78. The lowest BCUT2D eigenvalue weighted by Crippen LogP contribution is -2.47. The highest BCUT2D eigenvalue weighted by Crippen LogP contribution is 2.16. The van der Waals surface area contributed by atoms with Gasteiger partial charge in [-0.05, 0) is 25.7 Å². The van der Waals surface area contributed by atoms with Gasteiger partial charge in [0.1, 0.15) is 0 Å². The number of hydrogen-bond donors (Lipinski definition) is 3. The number of carbonyl (C=O) groups is 3. The number of amides is 3. The van der Waals surface area contributed by atoms with Gasteiger partial charge in [-0.3, -0.25) is 9.59 Å². The maximum Gasteiger partial charge on any atom is 0.317 e. The van der Waals surface area contributed by atoms with Gasteiger partial charge in [-0.25, -0.2) is 4.79 Å². The van der Waals surface area contributed by atoms with Crippen LogP contribution >= 0.6 is 0 Å². The van der Waals surface area contributed by atoms with Crippen molar-refractivity contribution in [3.05, 3.63) is 0 Å². The highest BCUT2D eigenvalue weighted by Gasteiger charge is 2.27. The smallest absolute Gasteiger partial charge is 0.317 e. The van der Waals surface area contributed by atoms with Crippen LogP contribution in [-0.2, 0) is 9.59 Å². The molecule has 7 heteroatoms. The molecule has 0 aliphatic carbocycles. The van der Waals surface area contributed by atoms with Crippen LogP contribution in [-0.4, -0.2) is 47.5 Å². The van der Waals surface area contributed by atoms with E-state index >= 15 is 0 Å². The van der Waals surface area contributed by atoms with Crippen molar-refractivity contribution in [2.45, 2.75) is 32.1 Å². The average Bonchev–Trinajstić information content (AvgIpc) is 2.37. The summed E-state index contributed by atoms with van der Waals surface area (Å²) < 4.78 is 0. The van der Waals surface area contributed by atoms with Gasteiger partial charge in [-0.15, -0.1) is 0 Å². The molecule has 0 unspecified atom stereocenters. The number of nitrogens with two attached hydrogens (primary N) is 1. The second kappa shape index (κ2) is 7.60. The molecule has 1 aliphatic rings. The Morgan fingerprint density at radius 1 is 1.32 bits per heavy atom. The molecule has 0 saturated carbocycles. The van der Waals surface area contributed by atoms with E-state index < -0.39 is 11.9 Å². The van der Waals surface area contributed by atoms with Crippen LogP contribution in [0.1, 0.15) is 32.1 Å². The molecule has 3 amide bonds. The van der Waals surface area contributed by atoms with Crippen molar-refractivity contribution in [1.29, 1.82) is 0 Å². The Morgan fingerprint density at radius 2 is 2.05 bits per heavy atom. The zero-order valence-corrected chi connectivity index (χ0v) is 10.9. The normalized spacial score (nSPS) is 18.9. The third-order valence-corrected chi connectivity index (χ3v) is 3.18. The van der Waals surface area contributed by atoms with Crippen molar-refractivity contribution in [3.8, 4) is 0 Å². The molecule has 0 spiro atoms. The van der Waals surface area contributed by atoms with Crippen LogP contribution < -0.4 is 11.1 Å². The van der Waals surface area contributed by atoms with Crippen LogP contribution in [0.25, 0.3) is 0 Å². The van der Waals surface area contributed by atoms with Gasteiger partial charge in [0.15, 0.2) is 0 Å². The molecule has 1 heterocycles. The molecule has 108 valence electrons. The van der Waals surface area contributed by atoms with Gasteiger partial charge in [-0.1, -0.05) is 0 Å². The van der Waals surface area contributed by atoms with E-state index in [2.05, 4.69) is 5.32 Å². The van der Waals surface area contributed by atoms with Crippen molar-refractivity contribution in [3.63, 3.8) is 0 Å². The lowest BCUT2D eigenvalue weighted by atomic mass is 9.99. The highest BCUT2D eigenvalue weighted by atomic mass is 16.4. The molecule has 1 saturated heterocycles. The van der Waals surface area contributed by atoms with Gasteiger partial charge in [0.2, 0.25) is 5.91 Å².